The molecule has 5 heteroatoms. The molecule has 1 aliphatic heterocycles. The minimum atomic E-state index is -0.886. The topological polar surface area (TPSA) is 69.6 Å². The summed E-state index contributed by atoms with van der Waals surface area (Å²) in [5.74, 6) is -0.886. The van der Waals surface area contributed by atoms with Crippen LogP contribution >= 0.6 is 0 Å². The maximum absolute atomic E-state index is 11.9. The van der Waals surface area contributed by atoms with Crippen molar-refractivity contribution in [2.45, 2.75) is 50.6 Å². The number of nitrogens with one attached hydrogen (secondary N) is 1. The van der Waals surface area contributed by atoms with Gasteiger partial charge in [-0.15, -0.1) is 0 Å². The van der Waals surface area contributed by atoms with Gasteiger partial charge in [0, 0.05) is 12.6 Å². The lowest BCUT2D eigenvalue weighted by atomic mass is 9.93. The van der Waals surface area contributed by atoms with Crippen LogP contribution in [-0.2, 0) is 4.79 Å². The summed E-state index contributed by atoms with van der Waals surface area (Å²) in [6.07, 6.45) is 5.58. The molecule has 1 aliphatic carbocycles. The SMILES string of the molecule is O=C(O)[C@H]1CCCCN1C(=O)NC1CCC1. The molecule has 2 aliphatic rings. The standard InChI is InChI=1S/C11H18N2O3/c14-10(15)9-6-1-2-7-13(9)11(16)12-8-4-3-5-8/h8-9H,1-7H2,(H,12,16)(H,14,15)/t9-/m1/s1. The Hall–Kier alpha value is -1.26. The van der Waals surface area contributed by atoms with E-state index in [0.717, 1.165) is 32.1 Å². The van der Waals surface area contributed by atoms with E-state index in [1.807, 2.05) is 0 Å². The molecule has 1 heterocycles. The second-order valence-corrected chi connectivity index (χ2v) is 4.62. The van der Waals surface area contributed by atoms with Gasteiger partial charge in [0.15, 0.2) is 0 Å². The predicted octanol–water partition coefficient (Wildman–Crippen LogP) is 1.19. The number of carboxylic acid groups (broad SMARTS) is 1. The summed E-state index contributed by atoms with van der Waals surface area (Å²) in [5, 5.41) is 11.9. The van der Waals surface area contributed by atoms with E-state index in [-0.39, 0.29) is 12.1 Å². The molecular weight excluding hydrogens is 208 g/mol. The van der Waals surface area contributed by atoms with Crippen LogP contribution in [-0.4, -0.2) is 40.6 Å². The van der Waals surface area contributed by atoms with E-state index in [4.69, 9.17) is 5.11 Å². The maximum Gasteiger partial charge on any atom is 0.326 e. The number of nitrogens with zero attached hydrogens (tertiary/aromatic N) is 1. The number of urea groups is 1. The van der Waals surface area contributed by atoms with Crippen LogP contribution in [0.5, 0.6) is 0 Å². The van der Waals surface area contributed by atoms with Crippen LogP contribution in [0.25, 0.3) is 0 Å². The summed E-state index contributed by atoms with van der Waals surface area (Å²) < 4.78 is 0. The van der Waals surface area contributed by atoms with E-state index in [9.17, 15) is 9.59 Å². The van der Waals surface area contributed by atoms with E-state index in [1.165, 1.54) is 4.90 Å². The first-order chi connectivity index (χ1) is 7.68. The van der Waals surface area contributed by atoms with Crippen LogP contribution in [0.1, 0.15) is 38.5 Å². The third kappa shape index (κ3) is 2.28. The van der Waals surface area contributed by atoms with Crippen molar-refractivity contribution in [3.8, 4) is 0 Å². The second kappa shape index (κ2) is 4.72. The van der Waals surface area contributed by atoms with Gasteiger partial charge in [0.05, 0.1) is 0 Å². The predicted molar refractivity (Wildman–Crippen MR) is 58.2 cm³/mol. The van der Waals surface area contributed by atoms with Crippen LogP contribution in [0.15, 0.2) is 0 Å². The molecule has 0 spiro atoms. The Kier molecular flexibility index (Phi) is 3.31. The summed E-state index contributed by atoms with van der Waals surface area (Å²) in [7, 11) is 0. The lowest BCUT2D eigenvalue weighted by Gasteiger charge is -2.36. The highest BCUT2D eigenvalue weighted by atomic mass is 16.4. The molecule has 0 unspecified atom stereocenters. The Morgan fingerprint density at radius 1 is 1.12 bits per heavy atom. The number of carbonyl (C=O) groups excluding carboxylic acids is 1. The highest BCUT2D eigenvalue weighted by Crippen LogP contribution is 2.21. The van der Waals surface area contributed by atoms with Crippen LogP contribution in [0.4, 0.5) is 4.79 Å². The first-order valence-corrected chi connectivity index (χ1v) is 5.98. The number of aliphatic carboxylic acids is 1. The van der Waals surface area contributed by atoms with Crippen LogP contribution in [0.2, 0.25) is 0 Å². The zero-order valence-corrected chi connectivity index (χ0v) is 9.32. The molecule has 2 N–H and O–H groups in total. The van der Waals surface area contributed by atoms with Crippen molar-refractivity contribution in [1.82, 2.24) is 10.2 Å². The Morgan fingerprint density at radius 3 is 2.44 bits per heavy atom. The van der Waals surface area contributed by atoms with Crippen LogP contribution in [0, 0.1) is 0 Å². The van der Waals surface area contributed by atoms with Gasteiger partial charge in [0.25, 0.3) is 0 Å². The summed E-state index contributed by atoms with van der Waals surface area (Å²) in [4.78, 5) is 24.4. The second-order valence-electron chi connectivity index (χ2n) is 4.62. The van der Waals surface area contributed by atoms with E-state index >= 15 is 0 Å². The zero-order valence-electron chi connectivity index (χ0n) is 9.32. The largest absolute Gasteiger partial charge is 0.480 e. The van der Waals surface area contributed by atoms with Gasteiger partial charge in [-0.05, 0) is 38.5 Å². The molecule has 0 aromatic heterocycles. The van der Waals surface area contributed by atoms with Crippen molar-refractivity contribution in [3.05, 3.63) is 0 Å². The minimum absolute atomic E-state index is 0.197. The smallest absolute Gasteiger partial charge is 0.326 e. The van der Waals surface area contributed by atoms with Crippen molar-refractivity contribution in [3.63, 3.8) is 0 Å². The third-order valence-corrected chi connectivity index (χ3v) is 3.48. The number of carbonyl (C=O) groups is 2. The first-order valence-electron chi connectivity index (χ1n) is 5.98. The van der Waals surface area contributed by atoms with Gasteiger partial charge in [0.2, 0.25) is 0 Å². The number of hydrogen-bond donors (Lipinski definition) is 2. The average molecular weight is 226 g/mol. The number of carboxylic acids is 1. The number of amides is 2. The number of rotatable bonds is 2. The van der Waals surface area contributed by atoms with Gasteiger partial charge in [-0.1, -0.05) is 0 Å². The zero-order chi connectivity index (χ0) is 11.5. The molecule has 2 fully saturated rings. The quantitative estimate of drug-likeness (QED) is 0.743. The molecule has 1 atom stereocenters. The van der Waals surface area contributed by atoms with Crippen LogP contribution < -0.4 is 5.32 Å². The van der Waals surface area contributed by atoms with Gasteiger partial charge in [-0.3, -0.25) is 0 Å². The fourth-order valence-corrected chi connectivity index (χ4v) is 2.24. The van der Waals surface area contributed by atoms with Crippen LogP contribution in [0.3, 0.4) is 0 Å². The van der Waals surface area contributed by atoms with Gasteiger partial charge >= 0.3 is 12.0 Å². The van der Waals surface area contributed by atoms with Crippen molar-refractivity contribution < 1.29 is 14.7 Å². The van der Waals surface area contributed by atoms with Crippen molar-refractivity contribution in [1.29, 1.82) is 0 Å². The molecule has 2 rings (SSSR count). The number of likely N-dealkylation sites (tertiary alicyclic amines) is 1. The van der Waals surface area contributed by atoms with E-state index in [1.54, 1.807) is 0 Å². The van der Waals surface area contributed by atoms with Gasteiger partial charge in [-0.25, -0.2) is 9.59 Å². The summed E-state index contributed by atoms with van der Waals surface area (Å²) in [5.41, 5.74) is 0. The molecule has 0 bridgehead atoms. The molecule has 90 valence electrons. The molecule has 1 saturated heterocycles. The van der Waals surface area contributed by atoms with Crippen molar-refractivity contribution >= 4 is 12.0 Å². The lowest BCUT2D eigenvalue weighted by Crippen LogP contribution is -2.54. The maximum atomic E-state index is 11.9. The molecule has 5 nitrogen and oxygen atoms in total. The van der Waals surface area contributed by atoms with Gasteiger partial charge in [-0.2, -0.15) is 0 Å². The molecule has 16 heavy (non-hydrogen) atoms. The first kappa shape index (κ1) is 11.2. The molecule has 0 aromatic carbocycles. The highest BCUT2D eigenvalue weighted by Gasteiger charge is 2.33. The van der Waals surface area contributed by atoms with Gasteiger partial charge in [0.1, 0.15) is 6.04 Å². The fraction of sp³-hybridized carbons (Fsp3) is 0.818. The minimum Gasteiger partial charge on any atom is -0.480 e. The molecule has 0 radical (unpaired) electrons. The van der Waals surface area contributed by atoms with E-state index in [0.29, 0.717) is 13.0 Å². The highest BCUT2D eigenvalue weighted by molar-refractivity contribution is 5.83. The summed E-state index contributed by atoms with van der Waals surface area (Å²) >= 11 is 0. The van der Waals surface area contributed by atoms with E-state index in [2.05, 4.69) is 5.32 Å². The Balaban J connectivity index is 1.93. The van der Waals surface area contributed by atoms with Gasteiger partial charge < -0.3 is 15.3 Å². The average Bonchev–Trinajstić information content (AvgIpc) is 2.23. The lowest BCUT2D eigenvalue weighted by molar-refractivity contribution is -0.143. The molecular formula is C11H18N2O3. The summed E-state index contributed by atoms with van der Waals surface area (Å²) in [6.45, 7) is 0.565. The van der Waals surface area contributed by atoms with Crippen molar-refractivity contribution in [2.75, 3.05) is 6.54 Å². The normalized spacial score (nSPS) is 26.0. The van der Waals surface area contributed by atoms with E-state index < -0.39 is 12.0 Å². The fourth-order valence-electron chi connectivity index (χ4n) is 2.24. The molecule has 1 saturated carbocycles. The number of piperidine rings is 1. The molecule has 2 amide bonds. The Bertz CT molecular complexity index is 289. The molecule has 0 aromatic rings. The Labute approximate surface area is 94.8 Å². The number of hydrogen-bond acceptors (Lipinski definition) is 2. The summed E-state index contributed by atoms with van der Waals surface area (Å²) in [6, 6.07) is -0.561. The Morgan fingerprint density at radius 2 is 1.88 bits per heavy atom. The third-order valence-electron chi connectivity index (χ3n) is 3.48. The van der Waals surface area contributed by atoms with Crippen molar-refractivity contribution in [2.24, 2.45) is 0 Å². The monoisotopic (exact) mass is 226 g/mol.